The Hall–Kier alpha value is -2.16. The van der Waals surface area contributed by atoms with E-state index >= 15 is 0 Å². The second-order valence-electron chi connectivity index (χ2n) is 4.13. The molecule has 108 valence electrons. The number of hydrogen-bond donors (Lipinski definition) is 1. The fraction of sp³-hybridized carbons (Fsp3) is 0.357. The molecule has 0 unspecified atom stereocenters. The number of urea groups is 1. The smallest absolute Gasteiger partial charge is 0.313 e. The minimum Gasteiger partial charge on any atom is -0.313 e. The molecule has 0 aromatic heterocycles. The van der Waals surface area contributed by atoms with E-state index in [-0.39, 0.29) is 6.54 Å². The molecule has 20 heavy (non-hydrogen) atoms. The minimum atomic E-state index is -4.39. The van der Waals surface area contributed by atoms with Crippen LogP contribution in [0.2, 0.25) is 0 Å². The topological polar surface area (TPSA) is 32.3 Å². The quantitative estimate of drug-likeness (QED) is 0.842. The van der Waals surface area contributed by atoms with Crippen LogP contribution in [0.25, 0.3) is 0 Å². The van der Waals surface area contributed by atoms with Crippen LogP contribution in [0.3, 0.4) is 0 Å². The molecular weight excluding hydrogens is 269 g/mol. The molecule has 0 fully saturated rings. The highest BCUT2D eigenvalue weighted by Gasteiger charge is 2.30. The Kier molecular flexibility index (Phi) is 5.44. The average molecular weight is 284 g/mol. The maximum atomic E-state index is 12.4. The fourth-order valence-corrected chi connectivity index (χ4v) is 1.58. The predicted octanol–water partition coefficient (Wildman–Crippen LogP) is 3.58. The number of carbonyl (C=O) groups excluding carboxylic acids is 1. The van der Waals surface area contributed by atoms with E-state index in [1.165, 1.54) is 17.0 Å². The van der Waals surface area contributed by atoms with Crippen molar-refractivity contribution < 1.29 is 18.0 Å². The van der Waals surface area contributed by atoms with Crippen molar-refractivity contribution in [2.24, 2.45) is 0 Å². The van der Waals surface area contributed by atoms with Gasteiger partial charge in [0.1, 0.15) is 0 Å². The molecule has 0 heterocycles. The van der Waals surface area contributed by atoms with E-state index in [4.69, 9.17) is 6.42 Å². The van der Waals surface area contributed by atoms with Gasteiger partial charge < -0.3 is 10.2 Å². The molecule has 0 radical (unpaired) electrons. The summed E-state index contributed by atoms with van der Waals surface area (Å²) < 4.78 is 37.2. The Morgan fingerprint density at radius 3 is 2.40 bits per heavy atom. The first-order valence-electron chi connectivity index (χ1n) is 6.05. The molecule has 0 saturated heterocycles. The zero-order valence-corrected chi connectivity index (χ0v) is 11.0. The summed E-state index contributed by atoms with van der Waals surface area (Å²) in [5, 5.41) is 2.51. The number of nitrogens with one attached hydrogen (secondary N) is 1. The number of hydrogen-bond acceptors (Lipinski definition) is 1. The maximum Gasteiger partial charge on any atom is 0.416 e. The van der Waals surface area contributed by atoms with Gasteiger partial charge in [-0.1, -0.05) is 12.8 Å². The zero-order chi connectivity index (χ0) is 15.2. The molecule has 0 aliphatic carbocycles. The van der Waals surface area contributed by atoms with Gasteiger partial charge in [0.15, 0.2) is 0 Å². The number of halogens is 3. The highest BCUT2D eigenvalue weighted by molar-refractivity contribution is 5.89. The normalized spacial score (nSPS) is 10.8. The van der Waals surface area contributed by atoms with Gasteiger partial charge in [-0.25, -0.2) is 4.79 Å². The molecule has 2 amide bonds. The standard InChI is InChI=1S/C14H15F3N2O/c1-3-9-19(10-4-2)13(20)18-12-7-5-11(6-8-12)14(15,16)17/h1,5-8H,4,9-10H2,2H3,(H,18,20). The van der Waals surface area contributed by atoms with E-state index in [1.807, 2.05) is 6.92 Å². The molecule has 0 spiro atoms. The summed E-state index contributed by atoms with van der Waals surface area (Å²) in [5.41, 5.74) is -0.467. The van der Waals surface area contributed by atoms with Crippen LogP contribution in [0.15, 0.2) is 24.3 Å². The SMILES string of the molecule is C#CCN(CCC)C(=O)Nc1ccc(C(F)(F)F)cc1. The molecule has 0 aliphatic heterocycles. The molecule has 1 N–H and O–H groups in total. The third kappa shape index (κ3) is 4.50. The van der Waals surface area contributed by atoms with Crippen molar-refractivity contribution in [1.29, 1.82) is 0 Å². The van der Waals surface area contributed by atoms with Gasteiger partial charge in [-0.3, -0.25) is 0 Å². The van der Waals surface area contributed by atoms with Gasteiger partial charge in [-0.05, 0) is 30.7 Å². The number of amides is 2. The van der Waals surface area contributed by atoms with Crippen LogP contribution in [-0.2, 0) is 6.18 Å². The van der Waals surface area contributed by atoms with Crippen molar-refractivity contribution in [3.05, 3.63) is 29.8 Å². The molecule has 0 atom stereocenters. The van der Waals surface area contributed by atoms with Crippen LogP contribution in [0.5, 0.6) is 0 Å². The van der Waals surface area contributed by atoms with Crippen LogP contribution >= 0.6 is 0 Å². The molecule has 1 rings (SSSR count). The van der Waals surface area contributed by atoms with Crippen LogP contribution in [0, 0.1) is 12.3 Å². The van der Waals surface area contributed by atoms with Gasteiger partial charge in [0.25, 0.3) is 0 Å². The van der Waals surface area contributed by atoms with Crippen molar-refractivity contribution in [2.75, 3.05) is 18.4 Å². The summed E-state index contributed by atoms with van der Waals surface area (Å²) >= 11 is 0. The van der Waals surface area contributed by atoms with Crippen molar-refractivity contribution >= 4 is 11.7 Å². The fourth-order valence-electron chi connectivity index (χ4n) is 1.58. The summed E-state index contributed by atoms with van der Waals surface area (Å²) in [7, 11) is 0. The molecule has 6 heteroatoms. The van der Waals surface area contributed by atoms with Crippen molar-refractivity contribution in [1.82, 2.24) is 4.90 Å². The van der Waals surface area contributed by atoms with Gasteiger partial charge in [0, 0.05) is 12.2 Å². The van der Waals surface area contributed by atoms with E-state index in [0.29, 0.717) is 12.2 Å². The summed E-state index contributed by atoms with van der Waals surface area (Å²) in [4.78, 5) is 13.3. The lowest BCUT2D eigenvalue weighted by molar-refractivity contribution is -0.137. The number of carbonyl (C=O) groups is 1. The maximum absolute atomic E-state index is 12.4. The van der Waals surface area contributed by atoms with Gasteiger partial charge in [0.05, 0.1) is 12.1 Å². The molecule has 1 aromatic rings. The van der Waals surface area contributed by atoms with Crippen LogP contribution in [-0.4, -0.2) is 24.0 Å². The van der Waals surface area contributed by atoms with E-state index in [9.17, 15) is 18.0 Å². The molecule has 1 aromatic carbocycles. The first-order chi connectivity index (χ1) is 9.38. The first-order valence-corrected chi connectivity index (χ1v) is 6.05. The van der Waals surface area contributed by atoms with Crippen LogP contribution in [0.1, 0.15) is 18.9 Å². The Morgan fingerprint density at radius 2 is 1.95 bits per heavy atom. The number of rotatable bonds is 4. The lowest BCUT2D eigenvalue weighted by atomic mass is 10.2. The Bertz CT molecular complexity index is 489. The molecule has 3 nitrogen and oxygen atoms in total. The Balaban J connectivity index is 2.73. The lowest BCUT2D eigenvalue weighted by Gasteiger charge is -2.20. The number of nitrogens with zero attached hydrogens (tertiary/aromatic N) is 1. The van der Waals surface area contributed by atoms with Gasteiger partial charge in [-0.15, -0.1) is 6.42 Å². The third-order valence-electron chi connectivity index (χ3n) is 2.53. The highest BCUT2D eigenvalue weighted by Crippen LogP contribution is 2.29. The van der Waals surface area contributed by atoms with Crippen LogP contribution < -0.4 is 5.32 Å². The first kappa shape index (κ1) is 15.9. The molecule has 0 saturated carbocycles. The Morgan fingerprint density at radius 1 is 1.35 bits per heavy atom. The predicted molar refractivity (Wildman–Crippen MR) is 71.2 cm³/mol. The number of terminal acetylenes is 1. The monoisotopic (exact) mass is 284 g/mol. The van der Waals surface area contributed by atoms with Gasteiger partial charge >= 0.3 is 12.2 Å². The van der Waals surface area contributed by atoms with E-state index in [2.05, 4.69) is 11.2 Å². The molecular formula is C14H15F3N2O. The van der Waals surface area contributed by atoms with E-state index < -0.39 is 17.8 Å². The number of anilines is 1. The molecule has 0 bridgehead atoms. The summed E-state index contributed by atoms with van der Waals surface area (Å²) in [6, 6.07) is 3.83. The van der Waals surface area contributed by atoms with E-state index in [0.717, 1.165) is 18.6 Å². The van der Waals surface area contributed by atoms with Crippen molar-refractivity contribution in [3.63, 3.8) is 0 Å². The van der Waals surface area contributed by atoms with Crippen molar-refractivity contribution in [3.8, 4) is 12.3 Å². The minimum absolute atomic E-state index is 0.153. The highest BCUT2D eigenvalue weighted by atomic mass is 19.4. The largest absolute Gasteiger partial charge is 0.416 e. The second kappa shape index (κ2) is 6.85. The van der Waals surface area contributed by atoms with E-state index in [1.54, 1.807) is 0 Å². The number of alkyl halides is 3. The number of benzene rings is 1. The molecule has 0 aliphatic rings. The van der Waals surface area contributed by atoms with Gasteiger partial charge in [-0.2, -0.15) is 13.2 Å². The lowest BCUT2D eigenvalue weighted by Crippen LogP contribution is -2.35. The summed E-state index contributed by atoms with van der Waals surface area (Å²) in [5.74, 6) is 2.36. The van der Waals surface area contributed by atoms with Crippen LogP contribution in [0.4, 0.5) is 23.7 Å². The Labute approximate surface area is 115 Å². The summed E-state index contributed by atoms with van der Waals surface area (Å²) in [6.07, 6.45) is 1.51. The second-order valence-corrected chi connectivity index (χ2v) is 4.13. The van der Waals surface area contributed by atoms with Gasteiger partial charge in [0.2, 0.25) is 0 Å². The van der Waals surface area contributed by atoms with Crippen molar-refractivity contribution in [2.45, 2.75) is 19.5 Å². The average Bonchev–Trinajstić information content (AvgIpc) is 2.38. The summed E-state index contributed by atoms with van der Waals surface area (Å²) in [6.45, 7) is 2.53. The zero-order valence-electron chi connectivity index (χ0n) is 11.0. The third-order valence-corrected chi connectivity index (χ3v) is 2.53.